The highest BCUT2D eigenvalue weighted by Gasteiger charge is 2.13. The normalized spacial score (nSPS) is 11.4. The van der Waals surface area contributed by atoms with Crippen molar-refractivity contribution in [3.63, 3.8) is 0 Å². The molecule has 0 spiro atoms. The van der Waals surface area contributed by atoms with E-state index in [-0.39, 0.29) is 12.4 Å². The summed E-state index contributed by atoms with van der Waals surface area (Å²) >= 11 is 0. The van der Waals surface area contributed by atoms with Crippen LogP contribution in [-0.4, -0.2) is 20.8 Å². The molecule has 0 saturated carbocycles. The van der Waals surface area contributed by atoms with Gasteiger partial charge >= 0.3 is 5.76 Å². The van der Waals surface area contributed by atoms with Crippen molar-refractivity contribution in [1.29, 1.82) is 0 Å². The van der Waals surface area contributed by atoms with E-state index in [9.17, 15) is 4.79 Å². The molecule has 8 heteroatoms. The summed E-state index contributed by atoms with van der Waals surface area (Å²) in [5.41, 5.74) is 7.31. The number of aromatic amines is 1. The van der Waals surface area contributed by atoms with Crippen molar-refractivity contribution >= 4 is 11.5 Å². The van der Waals surface area contributed by atoms with E-state index in [1.165, 1.54) is 0 Å². The second kappa shape index (κ2) is 6.56. The minimum Gasteiger partial charge on any atom is -0.389 e. The molecule has 1 aromatic carbocycles. The molecule has 8 nitrogen and oxygen atoms in total. The third kappa shape index (κ3) is 3.62. The van der Waals surface area contributed by atoms with Crippen LogP contribution in [0.15, 0.2) is 63.0 Å². The summed E-state index contributed by atoms with van der Waals surface area (Å²) in [5.74, 6) is -0.0814. The highest BCUT2D eigenvalue weighted by molar-refractivity contribution is 6.10. The van der Waals surface area contributed by atoms with Crippen LogP contribution >= 0.6 is 0 Å². The van der Waals surface area contributed by atoms with Crippen molar-refractivity contribution in [2.24, 2.45) is 5.16 Å². The lowest BCUT2D eigenvalue weighted by molar-refractivity contribution is 0.128. The number of pyridine rings is 1. The monoisotopic (exact) mass is 311 g/mol. The van der Waals surface area contributed by atoms with Crippen molar-refractivity contribution < 1.29 is 9.36 Å². The lowest BCUT2D eigenvalue weighted by Crippen LogP contribution is -2.09. The average molecular weight is 311 g/mol. The number of rotatable bonds is 5. The van der Waals surface area contributed by atoms with E-state index in [0.717, 1.165) is 5.56 Å². The van der Waals surface area contributed by atoms with E-state index >= 15 is 0 Å². The van der Waals surface area contributed by atoms with Crippen molar-refractivity contribution in [2.45, 2.75) is 6.61 Å². The zero-order chi connectivity index (χ0) is 16.1. The Morgan fingerprint density at radius 3 is 2.74 bits per heavy atom. The quantitative estimate of drug-likeness (QED) is 0.541. The predicted octanol–water partition coefficient (Wildman–Crippen LogP) is 1.31. The lowest BCUT2D eigenvalue weighted by atomic mass is 10.1. The van der Waals surface area contributed by atoms with Crippen LogP contribution < -0.4 is 11.5 Å². The third-order valence-corrected chi connectivity index (χ3v) is 2.91. The van der Waals surface area contributed by atoms with Gasteiger partial charge in [-0.3, -0.25) is 9.51 Å². The van der Waals surface area contributed by atoms with Crippen LogP contribution in [0.25, 0.3) is 0 Å². The number of H-pyrrole nitrogens is 1. The Bertz CT molecular complexity index is 870. The lowest BCUT2D eigenvalue weighted by Gasteiger charge is -2.04. The van der Waals surface area contributed by atoms with Crippen LogP contribution in [-0.2, 0) is 11.4 Å². The van der Waals surface area contributed by atoms with Crippen LogP contribution in [0.2, 0.25) is 0 Å². The van der Waals surface area contributed by atoms with E-state index in [2.05, 4.69) is 24.8 Å². The molecular weight excluding hydrogens is 298 g/mol. The maximum absolute atomic E-state index is 11.2. The fourth-order valence-corrected chi connectivity index (χ4v) is 1.90. The first kappa shape index (κ1) is 14.5. The van der Waals surface area contributed by atoms with Gasteiger partial charge in [0, 0.05) is 5.56 Å². The number of nitrogens with zero attached hydrogens (tertiary/aromatic N) is 3. The average Bonchev–Trinajstić information content (AvgIpc) is 2.99. The van der Waals surface area contributed by atoms with Crippen LogP contribution in [0.3, 0.4) is 0 Å². The molecule has 0 aliphatic rings. The Morgan fingerprint density at radius 1 is 1.22 bits per heavy atom. The molecule has 0 radical (unpaired) electrons. The predicted molar refractivity (Wildman–Crippen MR) is 82.6 cm³/mol. The summed E-state index contributed by atoms with van der Waals surface area (Å²) < 4.78 is 4.52. The number of benzene rings is 1. The minimum absolute atomic E-state index is 0.128. The Labute approximate surface area is 130 Å². The molecule has 0 fully saturated rings. The number of aromatic nitrogens is 3. The molecule has 3 N–H and O–H groups in total. The maximum Gasteiger partial charge on any atom is 0.439 e. The summed E-state index contributed by atoms with van der Waals surface area (Å²) in [7, 11) is 0. The molecule has 0 atom stereocenters. The highest BCUT2D eigenvalue weighted by Crippen LogP contribution is 2.08. The Balaban J connectivity index is 1.85. The van der Waals surface area contributed by atoms with Crippen molar-refractivity contribution in [1.82, 2.24) is 15.1 Å². The smallest absolute Gasteiger partial charge is 0.389 e. The van der Waals surface area contributed by atoms with Gasteiger partial charge in [0.2, 0.25) is 5.82 Å². The molecule has 3 aromatic rings. The van der Waals surface area contributed by atoms with Gasteiger partial charge in [-0.2, -0.15) is 0 Å². The summed E-state index contributed by atoms with van der Waals surface area (Å²) in [6.45, 7) is 0.128. The molecule has 0 aliphatic carbocycles. The van der Waals surface area contributed by atoms with Gasteiger partial charge in [-0.15, -0.1) is 0 Å². The van der Waals surface area contributed by atoms with Gasteiger partial charge in [-0.1, -0.05) is 46.7 Å². The Hall–Kier alpha value is -3.42. The first-order valence-corrected chi connectivity index (χ1v) is 6.75. The summed E-state index contributed by atoms with van der Waals surface area (Å²) in [6.07, 6.45) is 0. The van der Waals surface area contributed by atoms with Gasteiger partial charge in [0.25, 0.3) is 0 Å². The molecule has 116 valence electrons. The van der Waals surface area contributed by atoms with Gasteiger partial charge < -0.3 is 10.6 Å². The topological polar surface area (TPSA) is 119 Å². The van der Waals surface area contributed by atoms with E-state index in [4.69, 9.17) is 10.6 Å². The van der Waals surface area contributed by atoms with Gasteiger partial charge in [0.1, 0.15) is 5.82 Å². The van der Waals surface area contributed by atoms with Crippen LogP contribution in [0.5, 0.6) is 0 Å². The van der Waals surface area contributed by atoms with Crippen molar-refractivity contribution in [3.8, 4) is 0 Å². The number of nitrogen functional groups attached to an aromatic ring is 1. The number of nitrogens with two attached hydrogens (primary N) is 1. The molecule has 0 aliphatic heterocycles. The number of hydrogen-bond acceptors (Lipinski definition) is 7. The van der Waals surface area contributed by atoms with E-state index < -0.39 is 5.76 Å². The van der Waals surface area contributed by atoms with E-state index in [1.54, 1.807) is 18.2 Å². The largest absolute Gasteiger partial charge is 0.439 e. The summed E-state index contributed by atoms with van der Waals surface area (Å²) in [6, 6.07) is 14.4. The number of anilines is 1. The van der Waals surface area contributed by atoms with Gasteiger partial charge in [-0.25, -0.2) is 9.78 Å². The molecule has 2 heterocycles. The first-order valence-electron chi connectivity index (χ1n) is 6.75. The summed E-state index contributed by atoms with van der Waals surface area (Å²) in [4.78, 5) is 23.0. The SMILES string of the molecule is Nc1cccc(CON=C(c2ccccc2)c2noc(=O)[nH]2)n1. The van der Waals surface area contributed by atoms with Crippen LogP contribution in [0, 0.1) is 0 Å². The van der Waals surface area contributed by atoms with Gasteiger partial charge in [0.05, 0.1) is 5.69 Å². The Kier molecular flexibility index (Phi) is 4.14. The fraction of sp³-hybridized carbons (Fsp3) is 0.0667. The minimum atomic E-state index is -0.666. The number of oxime groups is 1. The molecule has 0 bridgehead atoms. The van der Waals surface area contributed by atoms with Crippen LogP contribution in [0.1, 0.15) is 17.1 Å². The van der Waals surface area contributed by atoms with Crippen LogP contribution in [0.4, 0.5) is 5.82 Å². The number of hydrogen-bond donors (Lipinski definition) is 2. The standard InChI is InChI=1S/C15H13N5O3/c16-12-8-4-7-11(17-12)9-22-19-13(10-5-2-1-3-6-10)14-18-15(21)23-20-14/h1-8H,9H2,(H2,16,17)(H,18,20,21). The summed E-state index contributed by atoms with van der Waals surface area (Å²) in [5, 5.41) is 7.69. The molecule has 0 saturated heterocycles. The third-order valence-electron chi connectivity index (χ3n) is 2.91. The maximum atomic E-state index is 11.2. The molecule has 0 amide bonds. The molecule has 23 heavy (non-hydrogen) atoms. The zero-order valence-corrected chi connectivity index (χ0v) is 12.0. The van der Waals surface area contributed by atoms with Crippen molar-refractivity contribution in [3.05, 3.63) is 76.2 Å². The zero-order valence-electron chi connectivity index (χ0n) is 12.0. The molecular formula is C15H13N5O3. The second-order valence-corrected chi connectivity index (χ2v) is 4.58. The molecule has 2 aromatic heterocycles. The highest BCUT2D eigenvalue weighted by atomic mass is 16.6. The van der Waals surface area contributed by atoms with Crippen molar-refractivity contribution in [2.75, 3.05) is 5.73 Å². The van der Waals surface area contributed by atoms with Gasteiger partial charge in [-0.05, 0) is 12.1 Å². The van der Waals surface area contributed by atoms with E-state index in [1.807, 2.05) is 30.3 Å². The molecule has 0 unspecified atom stereocenters. The Morgan fingerprint density at radius 2 is 2.04 bits per heavy atom. The van der Waals surface area contributed by atoms with Gasteiger partial charge in [0.15, 0.2) is 12.3 Å². The molecule has 3 rings (SSSR count). The number of nitrogens with one attached hydrogen (secondary N) is 1. The first-order chi connectivity index (χ1) is 11.2. The fourth-order valence-electron chi connectivity index (χ4n) is 1.90. The second-order valence-electron chi connectivity index (χ2n) is 4.58. The van der Waals surface area contributed by atoms with E-state index in [0.29, 0.717) is 17.2 Å².